The quantitative estimate of drug-likeness (QED) is 0.695. The Bertz CT molecular complexity index is 660. The second kappa shape index (κ2) is 4.22. The summed E-state index contributed by atoms with van der Waals surface area (Å²) in [6, 6.07) is 4.78. The zero-order valence-corrected chi connectivity index (χ0v) is 11.2. The summed E-state index contributed by atoms with van der Waals surface area (Å²) < 4.78 is 5.08. The van der Waals surface area contributed by atoms with Gasteiger partial charge < -0.3 is 20.9 Å². The van der Waals surface area contributed by atoms with Gasteiger partial charge in [-0.1, -0.05) is 11.8 Å². The first kappa shape index (κ1) is 12.9. The molecule has 7 nitrogen and oxygen atoms in total. The van der Waals surface area contributed by atoms with Crippen LogP contribution in [0.2, 0.25) is 0 Å². The van der Waals surface area contributed by atoms with Gasteiger partial charge in [-0.3, -0.25) is 9.59 Å². The van der Waals surface area contributed by atoms with Gasteiger partial charge in [0.25, 0.3) is 11.8 Å². The number of aliphatic imine (C=N–C) groups is 1. The lowest BCUT2D eigenvalue weighted by molar-refractivity contribution is -0.138. The summed E-state index contributed by atoms with van der Waals surface area (Å²) in [7, 11) is 1.47. The summed E-state index contributed by atoms with van der Waals surface area (Å²) in [6.45, 7) is 0. The molecule has 0 bridgehead atoms. The van der Waals surface area contributed by atoms with E-state index in [2.05, 4.69) is 10.3 Å². The molecule has 2 atom stereocenters. The largest absolute Gasteiger partial charge is 0.497 e. The topological polar surface area (TPSA) is 114 Å². The van der Waals surface area contributed by atoms with Gasteiger partial charge in [0.2, 0.25) is 0 Å². The maximum atomic E-state index is 12.1. The number of thioether (sulfide) groups is 1. The van der Waals surface area contributed by atoms with Crippen molar-refractivity contribution >= 4 is 34.4 Å². The minimum Gasteiger partial charge on any atom is -0.497 e. The van der Waals surface area contributed by atoms with Crippen LogP contribution in [0.4, 0.5) is 5.69 Å². The number of hydrogen-bond acceptors (Lipinski definition) is 6. The van der Waals surface area contributed by atoms with E-state index in [1.54, 1.807) is 12.1 Å². The fourth-order valence-electron chi connectivity index (χ4n) is 2.30. The van der Waals surface area contributed by atoms with Crippen LogP contribution in [0.5, 0.6) is 5.75 Å². The molecule has 1 aromatic rings. The Kier molecular flexibility index (Phi) is 2.73. The Morgan fingerprint density at radius 1 is 1.50 bits per heavy atom. The van der Waals surface area contributed by atoms with Crippen LogP contribution < -0.4 is 15.8 Å². The number of amides is 2. The standard InChI is InChI=1S/C12H11N3O4S/c1-19-5-2-3-7-6(4-5)12(18,10(17)14-7)8-9(16)15-11(13)20-8/h2-4,8,18H,1H3,(H,14,17)(H2,13,15,16)/t8-,12+/m0/s1. The molecule has 0 saturated carbocycles. The summed E-state index contributed by atoms with van der Waals surface area (Å²) in [4.78, 5) is 27.5. The van der Waals surface area contributed by atoms with E-state index in [1.165, 1.54) is 13.2 Å². The first-order chi connectivity index (χ1) is 9.46. The molecular formula is C12H11N3O4S. The van der Waals surface area contributed by atoms with Gasteiger partial charge in [0.15, 0.2) is 10.8 Å². The molecule has 2 aliphatic heterocycles. The molecule has 104 valence electrons. The number of fused-ring (bicyclic) bond motifs is 1. The number of carbonyl (C=O) groups is 2. The van der Waals surface area contributed by atoms with Crippen LogP contribution in [0, 0.1) is 0 Å². The molecule has 2 amide bonds. The van der Waals surface area contributed by atoms with Crippen molar-refractivity contribution in [2.45, 2.75) is 10.9 Å². The average molecular weight is 293 g/mol. The molecule has 0 saturated heterocycles. The van der Waals surface area contributed by atoms with Crippen molar-refractivity contribution in [2.24, 2.45) is 10.7 Å². The second-order valence-electron chi connectivity index (χ2n) is 4.42. The number of aliphatic hydroxyl groups is 1. The van der Waals surface area contributed by atoms with Crippen LogP contribution in [0.15, 0.2) is 23.2 Å². The minimum atomic E-state index is -2.00. The number of rotatable bonds is 2. The van der Waals surface area contributed by atoms with E-state index in [4.69, 9.17) is 10.5 Å². The van der Waals surface area contributed by atoms with Crippen molar-refractivity contribution in [1.29, 1.82) is 0 Å². The van der Waals surface area contributed by atoms with E-state index in [1.807, 2.05) is 0 Å². The van der Waals surface area contributed by atoms with Crippen molar-refractivity contribution in [3.05, 3.63) is 23.8 Å². The third-order valence-corrected chi connectivity index (χ3v) is 4.41. The summed E-state index contributed by atoms with van der Waals surface area (Å²) >= 11 is 0.877. The number of carbonyl (C=O) groups excluding carboxylic acids is 2. The van der Waals surface area contributed by atoms with Crippen LogP contribution in [0.25, 0.3) is 0 Å². The van der Waals surface area contributed by atoms with Gasteiger partial charge in [-0.15, -0.1) is 0 Å². The zero-order chi connectivity index (χ0) is 14.5. The normalized spacial score (nSPS) is 28.1. The van der Waals surface area contributed by atoms with Gasteiger partial charge in [-0.05, 0) is 18.2 Å². The van der Waals surface area contributed by atoms with Gasteiger partial charge in [0.05, 0.1) is 7.11 Å². The molecular weight excluding hydrogens is 282 g/mol. The van der Waals surface area contributed by atoms with E-state index in [9.17, 15) is 14.7 Å². The Morgan fingerprint density at radius 2 is 2.25 bits per heavy atom. The monoisotopic (exact) mass is 293 g/mol. The predicted molar refractivity (Wildman–Crippen MR) is 73.5 cm³/mol. The van der Waals surface area contributed by atoms with Gasteiger partial charge >= 0.3 is 0 Å². The van der Waals surface area contributed by atoms with Gasteiger partial charge in [0.1, 0.15) is 11.0 Å². The Morgan fingerprint density at radius 3 is 2.85 bits per heavy atom. The molecule has 1 aromatic carbocycles. The van der Waals surface area contributed by atoms with Crippen molar-refractivity contribution < 1.29 is 19.4 Å². The minimum absolute atomic E-state index is 0.0394. The summed E-state index contributed by atoms with van der Waals surface area (Å²) in [5, 5.41) is 12.3. The van der Waals surface area contributed by atoms with Crippen molar-refractivity contribution in [3.63, 3.8) is 0 Å². The van der Waals surface area contributed by atoms with E-state index in [-0.39, 0.29) is 10.7 Å². The maximum Gasteiger partial charge on any atom is 0.265 e. The molecule has 4 N–H and O–H groups in total. The lowest BCUT2D eigenvalue weighted by atomic mass is 9.91. The summed E-state index contributed by atoms with van der Waals surface area (Å²) in [5.41, 5.74) is 4.22. The lowest BCUT2D eigenvalue weighted by Crippen LogP contribution is -2.46. The molecule has 8 heteroatoms. The smallest absolute Gasteiger partial charge is 0.265 e. The number of amidine groups is 1. The van der Waals surface area contributed by atoms with Crippen LogP contribution in [0.1, 0.15) is 5.56 Å². The molecule has 0 aromatic heterocycles. The van der Waals surface area contributed by atoms with Gasteiger partial charge in [-0.25, -0.2) is 0 Å². The van der Waals surface area contributed by atoms with Crippen LogP contribution in [-0.4, -0.2) is 34.4 Å². The highest BCUT2D eigenvalue weighted by Gasteiger charge is 2.56. The molecule has 0 radical (unpaired) electrons. The molecule has 20 heavy (non-hydrogen) atoms. The van der Waals surface area contributed by atoms with Gasteiger partial charge in [-0.2, -0.15) is 4.99 Å². The lowest BCUT2D eigenvalue weighted by Gasteiger charge is -2.25. The van der Waals surface area contributed by atoms with E-state index < -0.39 is 22.7 Å². The number of methoxy groups -OCH3 is 1. The summed E-state index contributed by atoms with van der Waals surface area (Å²) in [6.07, 6.45) is 0. The molecule has 0 aliphatic carbocycles. The number of nitrogens with one attached hydrogen (secondary N) is 1. The van der Waals surface area contributed by atoms with Crippen LogP contribution in [-0.2, 0) is 15.2 Å². The van der Waals surface area contributed by atoms with Crippen LogP contribution >= 0.6 is 11.8 Å². The summed E-state index contributed by atoms with van der Waals surface area (Å²) in [5.74, 6) is -0.819. The molecule has 0 fully saturated rings. The highest BCUT2D eigenvalue weighted by Crippen LogP contribution is 2.45. The second-order valence-corrected chi connectivity index (χ2v) is 5.54. The Labute approximate surface area is 118 Å². The third-order valence-electron chi connectivity index (χ3n) is 3.29. The molecule has 0 spiro atoms. The SMILES string of the molecule is COc1ccc2c(c1)[C@@](O)([C@H]1SC(N)=NC1=O)C(=O)N2. The predicted octanol–water partition coefficient (Wildman–Crippen LogP) is -0.208. The molecule has 3 rings (SSSR count). The fourth-order valence-corrected chi connectivity index (χ4v) is 3.25. The Hall–Kier alpha value is -2.06. The van der Waals surface area contributed by atoms with Crippen molar-refractivity contribution in [2.75, 3.05) is 12.4 Å². The van der Waals surface area contributed by atoms with Crippen LogP contribution in [0.3, 0.4) is 0 Å². The van der Waals surface area contributed by atoms with Gasteiger partial charge in [0, 0.05) is 11.3 Å². The zero-order valence-electron chi connectivity index (χ0n) is 10.4. The number of nitrogens with zero attached hydrogens (tertiary/aromatic N) is 1. The number of nitrogens with two attached hydrogens (primary N) is 1. The van der Waals surface area contributed by atoms with Crippen molar-refractivity contribution in [1.82, 2.24) is 0 Å². The first-order valence-electron chi connectivity index (χ1n) is 5.74. The highest BCUT2D eigenvalue weighted by atomic mass is 32.2. The van der Waals surface area contributed by atoms with Crippen molar-refractivity contribution in [3.8, 4) is 5.75 Å². The third kappa shape index (κ3) is 1.61. The molecule has 2 aliphatic rings. The molecule has 0 unspecified atom stereocenters. The average Bonchev–Trinajstić information content (AvgIpc) is 2.88. The number of benzene rings is 1. The van der Waals surface area contributed by atoms with E-state index in [0.717, 1.165) is 11.8 Å². The van der Waals surface area contributed by atoms with E-state index >= 15 is 0 Å². The number of ether oxygens (including phenoxy) is 1. The maximum absolute atomic E-state index is 12.1. The fraction of sp³-hybridized carbons (Fsp3) is 0.250. The Balaban J connectivity index is 2.11. The number of hydrogen-bond donors (Lipinski definition) is 3. The first-order valence-corrected chi connectivity index (χ1v) is 6.61. The van der Waals surface area contributed by atoms with E-state index in [0.29, 0.717) is 11.4 Å². The molecule has 2 heterocycles. The highest BCUT2D eigenvalue weighted by molar-refractivity contribution is 8.15. The number of anilines is 1.